The summed E-state index contributed by atoms with van der Waals surface area (Å²) >= 11 is 0. The molecule has 1 amide bonds. The maximum Gasteiger partial charge on any atom is 0.244 e. The third-order valence-corrected chi connectivity index (χ3v) is 3.35. The Morgan fingerprint density at radius 2 is 1.67 bits per heavy atom. The van der Waals surface area contributed by atoms with E-state index < -0.39 is 0 Å². The molecule has 0 saturated heterocycles. The maximum absolute atomic E-state index is 11.9. The fourth-order valence-electron chi connectivity index (χ4n) is 2.08. The fourth-order valence-corrected chi connectivity index (χ4v) is 2.08. The zero-order valence-corrected chi connectivity index (χ0v) is 13.9. The van der Waals surface area contributed by atoms with Crippen molar-refractivity contribution in [2.75, 3.05) is 21.3 Å². The molecular weight excluding hydrogens is 308 g/mol. The van der Waals surface area contributed by atoms with Gasteiger partial charge < -0.3 is 14.2 Å². The predicted molar refractivity (Wildman–Crippen MR) is 92.0 cm³/mol. The van der Waals surface area contributed by atoms with Gasteiger partial charge in [-0.15, -0.1) is 0 Å². The summed E-state index contributed by atoms with van der Waals surface area (Å²) < 4.78 is 15.5. The molecule has 6 nitrogen and oxygen atoms in total. The highest BCUT2D eigenvalue weighted by Crippen LogP contribution is 2.22. The second-order valence-corrected chi connectivity index (χ2v) is 4.93. The molecule has 0 aliphatic rings. The van der Waals surface area contributed by atoms with Crippen molar-refractivity contribution in [3.8, 4) is 17.2 Å². The lowest BCUT2D eigenvalue weighted by Crippen LogP contribution is -2.19. The minimum Gasteiger partial charge on any atom is -0.497 e. The van der Waals surface area contributed by atoms with E-state index >= 15 is 0 Å². The summed E-state index contributed by atoms with van der Waals surface area (Å²) in [6, 6.07) is 12.6. The zero-order chi connectivity index (χ0) is 17.4. The van der Waals surface area contributed by atoms with Gasteiger partial charge in [-0.2, -0.15) is 5.10 Å². The number of carbonyl (C=O) groups is 1. The molecular formula is C18H20N2O4. The Bertz CT molecular complexity index is 711. The summed E-state index contributed by atoms with van der Waals surface area (Å²) in [4.78, 5) is 11.9. The highest BCUT2D eigenvalue weighted by Gasteiger charge is 2.04. The third-order valence-electron chi connectivity index (χ3n) is 3.35. The van der Waals surface area contributed by atoms with Crippen molar-refractivity contribution in [3.63, 3.8) is 0 Å². The number of nitrogens with zero attached hydrogens (tertiary/aromatic N) is 1. The summed E-state index contributed by atoms with van der Waals surface area (Å²) in [6.45, 7) is 0. The Morgan fingerprint density at radius 3 is 2.29 bits per heavy atom. The topological polar surface area (TPSA) is 69.2 Å². The first-order valence-corrected chi connectivity index (χ1v) is 7.33. The SMILES string of the molecule is COc1ccc(CC(=O)NN=Cc2cc(OC)ccc2OC)cc1. The molecule has 6 heteroatoms. The van der Waals surface area contributed by atoms with Gasteiger partial charge in [0.25, 0.3) is 0 Å². The van der Waals surface area contributed by atoms with Crippen LogP contribution in [0.3, 0.4) is 0 Å². The Morgan fingerprint density at radius 1 is 1.00 bits per heavy atom. The van der Waals surface area contributed by atoms with Crippen molar-refractivity contribution >= 4 is 12.1 Å². The number of hydrogen-bond acceptors (Lipinski definition) is 5. The molecule has 0 spiro atoms. The highest BCUT2D eigenvalue weighted by molar-refractivity contribution is 5.86. The average Bonchev–Trinajstić information content (AvgIpc) is 2.62. The number of rotatable bonds is 7. The van der Waals surface area contributed by atoms with E-state index in [1.165, 1.54) is 6.21 Å². The van der Waals surface area contributed by atoms with Gasteiger partial charge in [-0.1, -0.05) is 12.1 Å². The van der Waals surface area contributed by atoms with Crippen LogP contribution in [0.25, 0.3) is 0 Å². The van der Waals surface area contributed by atoms with Gasteiger partial charge in [-0.05, 0) is 35.9 Å². The summed E-state index contributed by atoms with van der Waals surface area (Å²) in [5.74, 6) is 1.87. The van der Waals surface area contributed by atoms with Crippen LogP contribution in [0.4, 0.5) is 0 Å². The lowest BCUT2D eigenvalue weighted by Gasteiger charge is -2.07. The van der Waals surface area contributed by atoms with Crippen molar-refractivity contribution in [2.24, 2.45) is 5.10 Å². The largest absolute Gasteiger partial charge is 0.497 e. The highest BCUT2D eigenvalue weighted by atomic mass is 16.5. The van der Waals surface area contributed by atoms with Gasteiger partial charge in [0, 0.05) is 5.56 Å². The van der Waals surface area contributed by atoms with Crippen molar-refractivity contribution < 1.29 is 19.0 Å². The molecule has 0 aromatic heterocycles. The number of hydrazone groups is 1. The minimum atomic E-state index is -0.210. The fraction of sp³-hybridized carbons (Fsp3) is 0.222. The van der Waals surface area contributed by atoms with Crippen LogP contribution in [0.2, 0.25) is 0 Å². The molecule has 126 valence electrons. The van der Waals surface area contributed by atoms with Gasteiger partial charge in [0.05, 0.1) is 34.0 Å². The molecule has 0 aliphatic carbocycles. The van der Waals surface area contributed by atoms with E-state index in [0.29, 0.717) is 17.1 Å². The lowest BCUT2D eigenvalue weighted by molar-refractivity contribution is -0.120. The molecule has 1 N–H and O–H groups in total. The van der Waals surface area contributed by atoms with Gasteiger partial charge in [-0.25, -0.2) is 5.43 Å². The van der Waals surface area contributed by atoms with Crippen LogP contribution in [0.15, 0.2) is 47.6 Å². The molecule has 0 bridgehead atoms. The first-order chi connectivity index (χ1) is 11.7. The second kappa shape index (κ2) is 8.57. The molecule has 24 heavy (non-hydrogen) atoms. The quantitative estimate of drug-likeness (QED) is 0.626. The molecule has 2 aromatic carbocycles. The second-order valence-electron chi connectivity index (χ2n) is 4.93. The molecule has 0 saturated carbocycles. The van der Waals surface area contributed by atoms with Gasteiger partial charge in [0.15, 0.2) is 0 Å². The molecule has 2 rings (SSSR count). The maximum atomic E-state index is 11.9. The molecule has 0 radical (unpaired) electrons. The van der Waals surface area contributed by atoms with E-state index in [0.717, 1.165) is 11.3 Å². The number of carbonyl (C=O) groups excluding carboxylic acids is 1. The normalized spacial score (nSPS) is 10.5. The van der Waals surface area contributed by atoms with E-state index in [1.807, 2.05) is 24.3 Å². The number of methoxy groups -OCH3 is 3. The lowest BCUT2D eigenvalue weighted by atomic mass is 10.1. The molecule has 0 aliphatic heterocycles. The first kappa shape index (κ1) is 17.3. The number of nitrogens with one attached hydrogen (secondary N) is 1. The molecule has 0 fully saturated rings. The average molecular weight is 328 g/mol. The van der Waals surface area contributed by atoms with E-state index in [4.69, 9.17) is 14.2 Å². The van der Waals surface area contributed by atoms with Crippen LogP contribution in [-0.4, -0.2) is 33.5 Å². The van der Waals surface area contributed by atoms with Crippen LogP contribution >= 0.6 is 0 Å². The van der Waals surface area contributed by atoms with Gasteiger partial charge in [0.1, 0.15) is 17.2 Å². The Labute approximate surface area is 141 Å². The van der Waals surface area contributed by atoms with Crippen molar-refractivity contribution in [1.82, 2.24) is 5.43 Å². The smallest absolute Gasteiger partial charge is 0.244 e. The number of benzene rings is 2. The molecule has 2 aromatic rings. The van der Waals surface area contributed by atoms with E-state index in [2.05, 4.69) is 10.5 Å². The van der Waals surface area contributed by atoms with Crippen LogP contribution < -0.4 is 19.6 Å². The Kier molecular flexibility index (Phi) is 6.19. The minimum absolute atomic E-state index is 0.210. The number of amides is 1. The number of hydrogen-bond donors (Lipinski definition) is 1. The standard InChI is InChI=1S/C18H20N2O4/c1-22-15-6-4-13(5-7-15)10-18(21)20-19-12-14-11-16(23-2)8-9-17(14)24-3/h4-9,11-12H,10H2,1-3H3,(H,20,21). The van der Waals surface area contributed by atoms with Crippen LogP contribution in [-0.2, 0) is 11.2 Å². The third kappa shape index (κ3) is 4.74. The van der Waals surface area contributed by atoms with Crippen molar-refractivity contribution in [2.45, 2.75) is 6.42 Å². The van der Waals surface area contributed by atoms with Gasteiger partial charge >= 0.3 is 0 Å². The van der Waals surface area contributed by atoms with Gasteiger partial charge in [-0.3, -0.25) is 4.79 Å². The van der Waals surface area contributed by atoms with Gasteiger partial charge in [0.2, 0.25) is 5.91 Å². The molecule has 0 unspecified atom stereocenters. The van der Waals surface area contributed by atoms with Crippen LogP contribution in [0, 0.1) is 0 Å². The predicted octanol–water partition coefficient (Wildman–Crippen LogP) is 2.41. The Balaban J connectivity index is 1.96. The van der Waals surface area contributed by atoms with Crippen molar-refractivity contribution in [1.29, 1.82) is 0 Å². The zero-order valence-electron chi connectivity index (χ0n) is 13.9. The van der Waals surface area contributed by atoms with E-state index in [1.54, 1.807) is 39.5 Å². The van der Waals surface area contributed by atoms with Crippen molar-refractivity contribution in [3.05, 3.63) is 53.6 Å². The number of ether oxygens (including phenoxy) is 3. The van der Waals surface area contributed by atoms with E-state index in [9.17, 15) is 4.79 Å². The molecule has 0 atom stereocenters. The van der Waals surface area contributed by atoms with E-state index in [-0.39, 0.29) is 12.3 Å². The van der Waals surface area contributed by atoms with Crippen LogP contribution in [0.5, 0.6) is 17.2 Å². The monoisotopic (exact) mass is 328 g/mol. The summed E-state index contributed by atoms with van der Waals surface area (Å²) in [6.07, 6.45) is 1.75. The van der Waals surface area contributed by atoms with Crippen LogP contribution in [0.1, 0.15) is 11.1 Å². The summed E-state index contributed by atoms with van der Waals surface area (Å²) in [5, 5.41) is 3.97. The summed E-state index contributed by atoms with van der Waals surface area (Å²) in [7, 11) is 4.75. The Hall–Kier alpha value is -3.02. The summed E-state index contributed by atoms with van der Waals surface area (Å²) in [5.41, 5.74) is 4.09. The molecule has 0 heterocycles. The first-order valence-electron chi connectivity index (χ1n) is 7.33.